The van der Waals surface area contributed by atoms with Crippen LogP contribution in [0.3, 0.4) is 0 Å². The fourth-order valence-electron chi connectivity index (χ4n) is 3.20. The van der Waals surface area contributed by atoms with Crippen molar-refractivity contribution in [3.63, 3.8) is 0 Å². The quantitative estimate of drug-likeness (QED) is 0.506. The van der Waals surface area contributed by atoms with Gasteiger partial charge in [-0.2, -0.15) is 5.10 Å². The van der Waals surface area contributed by atoms with Crippen LogP contribution in [0.2, 0.25) is 0 Å². The Labute approximate surface area is 184 Å². The Morgan fingerprint density at radius 2 is 1.91 bits per heavy atom. The summed E-state index contributed by atoms with van der Waals surface area (Å²) in [4.78, 5) is 13.0. The van der Waals surface area contributed by atoms with E-state index < -0.39 is 23.6 Å². The van der Waals surface area contributed by atoms with E-state index in [2.05, 4.69) is 10.4 Å². The van der Waals surface area contributed by atoms with E-state index >= 15 is 0 Å². The summed E-state index contributed by atoms with van der Waals surface area (Å²) in [5, 5.41) is 7.08. The molecule has 1 heterocycles. The number of hydrogen-bond acceptors (Lipinski definition) is 5. The highest BCUT2D eigenvalue weighted by molar-refractivity contribution is 6.00. The zero-order valence-electron chi connectivity index (χ0n) is 18.3. The number of rotatable bonds is 9. The largest absolute Gasteiger partial charge is 0.493 e. The topological polar surface area (TPSA) is 74.6 Å². The average Bonchev–Trinajstić information content (AvgIpc) is 3.15. The molecule has 32 heavy (non-hydrogen) atoms. The van der Waals surface area contributed by atoms with Crippen LogP contribution < -0.4 is 14.8 Å². The van der Waals surface area contributed by atoms with Gasteiger partial charge in [0.25, 0.3) is 5.91 Å². The van der Waals surface area contributed by atoms with E-state index in [4.69, 9.17) is 14.2 Å². The van der Waals surface area contributed by atoms with Crippen LogP contribution in [0.4, 0.5) is 8.78 Å². The van der Waals surface area contributed by atoms with Crippen molar-refractivity contribution in [2.24, 2.45) is 7.05 Å². The van der Waals surface area contributed by atoms with E-state index in [0.29, 0.717) is 24.7 Å². The highest BCUT2D eigenvalue weighted by Gasteiger charge is 2.22. The van der Waals surface area contributed by atoms with Crippen molar-refractivity contribution in [3.05, 3.63) is 65.4 Å². The monoisotopic (exact) mass is 445 g/mol. The van der Waals surface area contributed by atoms with Crippen LogP contribution in [0.15, 0.2) is 42.6 Å². The molecule has 9 heteroatoms. The minimum atomic E-state index is -0.792. The van der Waals surface area contributed by atoms with Gasteiger partial charge in [0.05, 0.1) is 25.3 Å². The van der Waals surface area contributed by atoms with Crippen LogP contribution in [0, 0.1) is 11.6 Å². The summed E-state index contributed by atoms with van der Waals surface area (Å²) in [6.07, 6.45) is 1.49. The van der Waals surface area contributed by atoms with E-state index in [9.17, 15) is 13.6 Å². The first-order valence-corrected chi connectivity index (χ1v) is 9.93. The molecule has 1 unspecified atom stereocenters. The first-order valence-electron chi connectivity index (χ1n) is 9.93. The van der Waals surface area contributed by atoms with Crippen molar-refractivity contribution in [1.82, 2.24) is 15.1 Å². The summed E-state index contributed by atoms with van der Waals surface area (Å²) < 4.78 is 45.0. The molecule has 0 saturated carbocycles. The lowest BCUT2D eigenvalue weighted by Gasteiger charge is -2.17. The van der Waals surface area contributed by atoms with Crippen molar-refractivity contribution in [3.8, 4) is 22.8 Å². The Kier molecular flexibility index (Phi) is 7.42. The molecule has 1 amide bonds. The highest BCUT2D eigenvalue weighted by Crippen LogP contribution is 2.31. The molecule has 3 rings (SSSR count). The molecule has 0 fully saturated rings. The van der Waals surface area contributed by atoms with Gasteiger partial charge >= 0.3 is 0 Å². The molecule has 0 aliphatic carbocycles. The van der Waals surface area contributed by atoms with Gasteiger partial charge in [0.1, 0.15) is 23.9 Å². The van der Waals surface area contributed by atoms with Crippen molar-refractivity contribution < 1.29 is 27.8 Å². The Balaban J connectivity index is 1.81. The molecule has 0 spiro atoms. The lowest BCUT2D eigenvalue weighted by molar-refractivity contribution is 0.0940. The van der Waals surface area contributed by atoms with Crippen LogP contribution in [-0.4, -0.2) is 43.1 Å². The van der Waals surface area contributed by atoms with Gasteiger partial charge in [0, 0.05) is 32.0 Å². The SMILES string of the molecule is COCCOc1ccc(C(C)NC(=O)c2cn(C)nc2-c2ccc(F)cc2F)cc1OC. The number of nitrogens with zero attached hydrogens (tertiary/aromatic N) is 2. The van der Waals surface area contributed by atoms with E-state index in [0.717, 1.165) is 17.7 Å². The van der Waals surface area contributed by atoms with Crippen LogP contribution >= 0.6 is 0 Å². The van der Waals surface area contributed by atoms with Gasteiger partial charge in [-0.25, -0.2) is 8.78 Å². The third-order valence-corrected chi connectivity index (χ3v) is 4.84. The molecule has 0 aliphatic rings. The minimum Gasteiger partial charge on any atom is -0.493 e. The molecule has 0 radical (unpaired) electrons. The van der Waals surface area contributed by atoms with Gasteiger partial charge in [-0.15, -0.1) is 0 Å². The smallest absolute Gasteiger partial charge is 0.255 e. The summed E-state index contributed by atoms with van der Waals surface area (Å²) >= 11 is 0. The van der Waals surface area contributed by atoms with Gasteiger partial charge in [-0.05, 0) is 36.8 Å². The number of methoxy groups -OCH3 is 2. The summed E-state index contributed by atoms with van der Waals surface area (Å²) in [6.45, 7) is 2.63. The first-order chi connectivity index (χ1) is 15.3. The minimum absolute atomic E-state index is 0.0454. The predicted molar refractivity (Wildman–Crippen MR) is 115 cm³/mol. The summed E-state index contributed by atoms with van der Waals surface area (Å²) in [6, 6.07) is 8.11. The molecule has 0 aliphatic heterocycles. The normalized spacial score (nSPS) is 11.8. The second-order valence-corrected chi connectivity index (χ2v) is 7.14. The number of aromatic nitrogens is 2. The maximum Gasteiger partial charge on any atom is 0.255 e. The van der Waals surface area contributed by atoms with Gasteiger partial charge < -0.3 is 19.5 Å². The fraction of sp³-hybridized carbons (Fsp3) is 0.304. The number of aryl methyl sites for hydroxylation is 1. The standard InChI is InChI=1S/C23H25F2N3O4/c1-14(15-5-8-20(21(11-15)31-4)32-10-9-30-3)26-23(29)18-13-28(2)27-22(18)17-7-6-16(24)12-19(17)25/h5-8,11-14H,9-10H2,1-4H3,(H,26,29). The molecule has 7 nitrogen and oxygen atoms in total. The van der Waals surface area contributed by atoms with Crippen molar-refractivity contribution >= 4 is 5.91 Å². The number of nitrogens with one attached hydrogen (secondary N) is 1. The van der Waals surface area contributed by atoms with Crippen LogP contribution in [-0.2, 0) is 11.8 Å². The van der Waals surface area contributed by atoms with E-state index in [1.807, 2.05) is 13.0 Å². The molecule has 1 aromatic heterocycles. The van der Waals surface area contributed by atoms with Gasteiger partial charge in [-0.1, -0.05) is 6.07 Å². The number of ether oxygens (including phenoxy) is 3. The number of carbonyl (C=O) groups is 1. The summed E-state index contributed by atoms with van der Waals surface area (Å²) in [5.74, 6) is -0.850. The molecular formula is C23H25F2N3O4. The Morgan fingerprint density at radius 1 is 1.12 bits per heavy atom. The number of halogens is 2. The molecule has 0 saturated heterocycles. The molecule has 1 atom stereocenters. The maximum atomic E-state index is 14.3. The molecule has 0 bridgehead atoms. The van der Waals surface area contributed by atoms with Gasteiger partial charge in [0.2, 0.25) is 0 Å². The Hall–Kier alpha value is -3.46. The number of hydrogen-bond donors (Lipinski definition) is 1. The molecule has 2 aromatic carbocycles. The number of benzene rings is 2. The second-order valence-electron chi connectivity index (χ2n) is 7.14. The predicted octanol–water partition coefficient (Wildman–Crippen LogP) is 3.89. The molecule has 170 valence electrons. The molecule has 1 N–H and O–H groups in total. The van der Waals surface area contributed by atoms with E-state index in [-0.39, 0.29) is 16.8 Å². The van der Waals surface area contributed by atoms with Crippen molar-refractivity contribution in [2.75, 3.05) is 27.4 Å². The van der Waals surface area contributed by atoms with E-state index in [1.165, 1.54) is 24.1 Å². The summed E-state index contributed by atoms with van der Waals surface area (Å²) in [7, 11) is 4.75. The summed E-state index contributed by atoms with van der Waals surface area (Å²) in [5.41, 5.74) is 1.14. The van der Waals surface area contributed by atoms with Crippen molar-refractivity contribution in [1.29, 1.82) is 0 Å². The third kappa shape index (κ3) is 5.23. The molecular weight excluding hydrogens is 420 g/mol. The lowest BCUT2D eigenvalue weighted by atomic mass is 10.0. The highest BCUT2D eigenvalue weighted by atomic mass is 19.1. The molecule has 3 aromatic rings. The average molecular weight is 445 g/mol. The van der Waals surface area contributed by atoms with Crippen LogP contribution in [0.5, 0.6) is 11.5 Å². The van der Waals surface area contributed by atoms with E-state index in [1.54, 1.807) is 26.3 Å². The van der Waals surface area contributed by atoms with Gasteiger partial charge in [-0.3, -0.25) is 9.48 Å². The first kappa shape index (κ1) is 23.2. The third-order valence-electron chi connectivity index (χ3n) is 4.84. The van der Waals surface area contributed by atoms with Crippen LogP contribution in [0.1, 0.15) is 28.9 Å². The fourth-order valence-corrected chi connectivity index (χ4v) is 3.20. The zero-order valence-corrected chi connectivity index (χ0v) is 18.3. The van der Waals surface area contributed by atoms with Crippen LogP contribution in [0.25, 0.3) is 11.3 Å². The lowest BCUT2D eigenvalue weighted by Crippen LogP contribution is -2.27. The number of carbonyl (C=O) groups excluding carboxylic acids is 1. The zero-order chi connectivity index (χ0) is 23.3. The Bertz CT molecular complexity index is 1100. The second kappa shape index (κ2) is 10.2. The Morgan fingerprint density at radius 3 is 2.59 bits per heavy atom. The maximum absolute atomic E-state index is 14.3. The van der Waals surface area contributed by atoms with Crippen molar-refractivity contribution in [2.45, 2.75) is 13.0 Å². The van der Waals surface area contributed by atoms with Gasteiger partial charge in [0.15, 0.2) is 11.5 Å². The number of amides is 1.